The molecule has 2 aromatic carbocycles. The summed E-state index contributed by atoms with van der Waals surface area (Å²) < 4.78 is 0. The number of guanidine groups is 2. The number of likely N-dealkylation sites (N-methyl/N-ethyl adjacent to an activating group) is 1. The number of rotatable bonds is 11. The van der Waals surface area contributed by atoms with E-state index in [2.05, 4.69) is 53.4 Å². The minimum atomic E-state index is -0.153. The van der Waals surface area contributed by atoms with E-state index in [1.165, 1.54) is 32.1 Å². The van der Waals surface area contributed by atoms with Crippen molar-refractivity contribution in [3.05, 3.63) is 96.5 Å². The molecule has 1 aliphatic carbocycles. The second-order valence-electron chi connectivity index (χ2n) is 13.2. The molecule has 1 amide bonds. The van der Waals surface area contributed by atoms with Crippen molar-refractivity contribution in [3.8, 4) is 11.3 Å². The molecule has 2 fully saturated rings. The van der Waals surface area contributed by atoms with Crippen LogP contribution in [-0.4, -0.2) is 66.8 Å². The van der Waals surface area contributed by atoms with Crippen LogP contribution < -0.4 is 16.0 Å². The molecule has 5 rings (SSSR count). The Kier molecular flexibility index (Phi) is 11.8. The molecular weight excluding hydrogens is 596 g/mol. The Bertz CT molecular complexity index is 1730. The molecule has 3 N–H and O–H groups in total. The Labute approximate surface area is 285 Å². The first-order chi connectivity index (χ1) is 23.2. The highest BCUT2D eigenvalue weighted by molar-refractivity contribution is 6.04. The van der Waals surface area contributed by atoms with Gasteiger partial charge in [-0.3, -0.25) is 20.1 Å². The van der Waals surface area contributed by atoms with E-state index in [0.717, 1.165) is 63.1 Å². The molecule has 48 heavy (non-hydrogen) atoms. The van der Waals surface area contributed by atoms with Crippen LogP contribution >= 0.6 is 0 Å². The molecule has 9 heteroatoms. The number of nitrogens with zero attached hydrogens (tertiary/aromatic N) is 5. The van der Waals surface area contributed by atoms with Crippen LogP contribution in [-0.2, 0) is 11.3 Å². The first-order valence-electron chi connectivity index (χ1n) is 17.1. The largest absolute Gasteiger partial charge is 0.323 e. The number of fused-ring (bicyclic) bond motifs is 1. The summed E-state index contributed by atoms with van der Waals surface area (Å²) in [6, 6.07) is 16.2. The van der Waals surface area contributed by atoms with Crippen molar-refractivity contribution in [3.63, 3.8) is 0 Å². The van der Waals surface area contributed by atoms with Gasteiger partial charge in [0.1, 0.15) is 5.82 Å². The van der Waals surface area contributed by atoms with Crippen molar-refractivity contribution < 1.29 is 4.79 Å². The fourth-order valence-corrected chi connectivity index (χ4v) is 6.28. The molecule has 252 valence electrons. The van der Waals surface area contributed by atoms with E-state index in [0.29, 0.717) is 19.0 Å². The summed E-state index contributed by atoms with van der Waals surface area (Å²) in [5.74, 6) is 3.15. The first kappa shape index (κ1) is 34.6. The topological polar surface area (TPSA) is 97.2 Å². The molecule has 1 saturated heterocycles. The summed E-state index contributed by atoms with van der Waals surface area (Å²) in [4.78, 5) is 31.4. The van der Waals surface area contributed by atoms with Crippen molar-refractivity contribution in [2.75, 3.05) is 39.5 Å². The standard InChI is InChI=1S/C39H50N8O/c1-7-32(27(2)3)37-44-38(41-25-28-14-9-8-10-15-28)45-39(47(37)6)42-26-30-16-11-12-17-33(30)36-34-20-19-31(24-29(34)21-22-40-36)43-35(48)18-13-23-46(4)5/h7,11-13,16-22,24,27-28H,1,8-10,14-15,23,25-26H2,2-6H3,(H,43,48)(H2,41,42,44,45)/b18-13+,37-32+. The van der Waals surface area contributed by atoms with Gasteiger partial charge in [0.05, 0.1) is 12.2 Å². The van der Waals surface area contributed by atoms with Gasteiger partial charge in [-0.2, -0.15) is 0 Å². The molecule has 2 heterocycles. The number of carbonyl (C=O) groups is 1. The Morgan fingerprint density at radius 2 is 1.90 bits per heavy atom. The number of hydrogen-bond acceptors (Lipinski definition) is 5. The highest BCUT2D eigenvalue weighted by Gasteiger charge is 2.25. The van der Waals surface area contributed by atoms with E-state index in [-0.39, 0.29) is 11.8 Å². The molecule has 3 aromatic rings. The van der Waals surface area contributed by atoms with Crippen molar-refractivity contribution in [1.29, 1.82) is 0 Å². The SMILES string of the molecule is C=C/C(=C1/NC(=NCC2CCCCC2)NC(=NCc2ccccc2-c2nccc3cc(NC(=O)/C=C/CN(C)C)ccc23)N1C)C(C)C. The molecule has 1 aliphatic heterocycles. The van der Waals surface area contributed by atoms with Gasteiger partial charge in [-0.05, 0) is 73.5 Å². The lowest BCUT2D eigenvalue weighted by atomic mass is 9.89. The summed E-state index contributed by atoms with van der Waals surface area (Å²) >= 11 is 0. The third-order valence-corrected chi connectivity index (χ3v) is 8.91. The zero-order chi connectivity index (χ0) is 34.0. The van der Waals surface area contributed by atoms with Crippen LogP contribution in [0.5, 0.6) is 0 Å². The van der Waals surface area contributed by atoms with Gasteiger partial charge in [0.25, 0.3) is 0 Å². The minimum absolute atomic E-state index is 0.153. The molecule has 0 spiro atoms. The van der Waals surface area contributed by atoms with Gasteiger partial charge in [-0.1, -0.05) is 82.2 Å². The number of carbonyl (C=O) groups excluding carboxylic acids is 1. The second-order valence-corrected chi connectivity index (χ2v) is 13.2. The highest BCUT2D eigenvalue weighted by Crippen LogP contribution is 2.31. The van der Waals surface area contributed by atoms with Gasteiger partial charge < -0.3 is 20.4 Å². The van der Waals surface area contributed by atoms with Crippen molar-refractivity contribution >= 4 is 34.3 Å². The molecular formula is C39H50N8O. The van der Waals surface area contributed by atoms with E-state index in [9.17, 15) is 4.79 Å². The number of amides is 1. The predicted octanol–water partition coefficient (Wildman–Crippen LogP) is 6.93. The fourth-order valence-electron chi connectivity index (χ4n) is 6.28. The number of aliphatic imine (C=N–C) groups is 2. The third-order valence-electron chi connectivity index (χ3n) is 8.91. The summed E-state index contributed by atoms with van der Waals surface area (Å²) in [6.07, 6.45) is 13.6. The van der Waals surface area contributed by atoms with Gasteiger partial charge in [0.2, 0.25) is 17.8 Å². The number of allylic oxidation sites excluding steroid dienone is 2. The Morgan fingerprint density at radius 3 is 2.65 bits per heavy atom. The quantitative estimate of drug-likeness (QED) is 0.196. The lowest BCUT2D eigenvalue weighted by Gasteiger charge is -2.34. The van der Waals surface area contributed by atoms with Crippen LogP contribution in [0.3, 0.4) is 0 Å². The number of hydrogen-bond donors (Lipinski definition) is 3. The second kappa shape index (κ2) is 16.4. The number of anilines is 1. The molecule has 2 aliphatic rings. The first-order valence-corrected chi connectivity index (χ1v) is 17.1. The van der Waals surface area contributed by atoms with Crippen LogP contribution in [0.15, 0.2) is 101 Å². The third kappa shape index (κ3) is 8.77. The maximum absolute atomic E-state index is 12.5. The number of benzene rings is 2. The van der Waals surface area contributed by atoms with Crippen molar-refractivity contribution in [2.24, 2.45) is 21.8 Å². The van der Waals surface area contributed by atoms with E-state index in [1.54, 1.807) is 6.08 Å². The summed E-state index contributed by atoms with van der Waals surface area (Å²) in [5.41, 5.74) is 4.80. The summed E-state index contributed by atoms with van der Waals surface area (Å²) in [5, 5.41) is 12.0. The number of aromatic nitrogens is 1. The predicted molar refractivity (Wildman–Crippen MR) is 200 cm³/mol. The maximum Gasteiger partial charge on any atom is 0.248 e. The Balaban J connectivity index is 1.42. The average Bonchev–Trinajstić information content (AvgIpc) is 3.08. The number of pyridine rings is 1. The summed E-state index contributed by atoms with van der Waals surface area (Å²) in [7, 11) is 5.95. The van der Waals surface area contributed by atoms with Gasteiger partial charge in [-0.15, -0.1) is 0 Å². The highest BCUT2D eigenvalue weighted by atomic mass is 16.1. The zero-order valence-electron chi connectivity index (χ0n) is 29.1. The lowest BCUT2D eigenvalue weighted by molar-refractivity contribution is -0.111. The Morgan fingerprint density at radius 1 is 1.10 bits per heavy atom. The van der Waals surface area contributed by atoms with Crippen LogP contribution in [0.1, 0.15) is 51.5 Å². The summed E-state index contributed by atoms with van der Waals surface area (Å²) in [6.45, 7) is 10.4. The molecule has 1 saturated carbocycles. The Hall–Kier alpha value is -4.76. The van der Waals surface area contributed by atoms with Crippen LogP contribution in [0.25, 0.3) is 22.0 Å². The van der Waals surface area contributed by atoms with Crippen LogP contribution in [0.2, 0.25) is 0 Å². The van der Waals surface area contributed by atoms with Gasteiger partial charge in [0.15, 0.2) is 0 Å². The van der Waals surface area contributed by atoms with Gasteiger partial charge >= 0.3 is 0 Å². The van der Waals surface area contributed by atoms with E-state index >= 15 is 0 Å². The lowest BCUT2D eigenvalue weighted by Crippen LogP contribution is -2.56. The van der Waals surface area contributed by atoms with E-state index in [1.807, 2.05) is 80.8 Å². The molecule has 0 atom stereocenters. The van der Waals surface area contributed by atoms with Crippen LogP contribution in [0.4, 0.5) is 5.69 Å². The molecule has 0 bridgehead atoms. The van der Waals surface area contributed by atoms with Gasteiger partial charge in [-0.25, -0.2) is 4.99 Å². The van der Waals surface area contributed by atoms with Gasteiger partial charge in [0, 0.05) is 49.0 Å². The van der Waals surface area contributed by atoms with Crippen molar-refractivity contribution in [1.82, 2.24) is 25.4 Å². The normalized spacial score (nSPS) is 18.5. The van der Waals surface area contributed by atoms with Crippen molar-refractivity contribution in [2.45, 2.75) is 52.5 Å². The van der Waals surface area contributed by atoms with Crippen LogP contribution in [0, 0.1) is 11.8 Å². The fraction of sp³-hybridized carbons (Fsp3) is 0.385. The van der Waals surface area contributed by atoms with E-state index in [4.69, 9.17) is 15.0 Å². The molecule has 0 radical (unpaired) electrons. The maximum atomic E-state index is 12.5. The van der Waals surface area contributed by atoms with E-state index < -0.39 is 0 Å². The molecule has 9 nitrogen and oxygen atoms in total. The number of nitrogens with one attached hydrogen (secondary N) is 3. The molecule has 1 aromatic heterocycles. The zero-order valence-corrected chi connectivity index (χ0v) is 29.1. The minimum Gasteiger partial charge on any atom is -0.323 e. The smallest absolute Gasteiger partial charge is 0.248 e. The average molecular weight is 647 g/mol. The molecule has 0 unspecified atom stereocenters. The monoisotopic (exact) mass is 646 g/mol.